The average molecular weight is 468 g/mol. The first-order valence-electron chi connectivity index (χ1n) is 10.1. The van der Waals surface area contributed by atoms with Gasteiger partial charge in [0.2, 0.25) is 0 Å². The van der Waals surface area contributed by atoms with E-state index in [0.29, 0.717) is 24.3 Å². The molecule has 1 aliphatic rings. The Morgan fingerprint density at radius 2 is 1.97 bits per heavy atom. The van der Waals surface area contributed by atoms with Crippen LogP contribution >= 0.6 is 11.6 Å². The van der Waals surface area contributed by atoms with Gasteiger partial charge in [0.25, 0.3) is 5.91 Å². The first-order chi connectivity index (χ1) is 14.6. The van der Waals surface area contributed by atoms with E-state index >= 15 is 0 Å². The molecule has 168 valence electrons. The number of ether oxygens (including phenoxy) is 1. The molecule has 1 aromatic carbocycles. The van der Waals surface area contributed by atoms with E-state index in [1.54, 1.807) is 19.1 Å². The molecular weight excluding hydrogens is 442 g/mol. The highest BCUT2D eigenvalue weighted by molar-refractivity contribution is 7.91. The van der Waals surface area contributed by atoms with Crippen molar-refractivity contribution in [2.24, 2.45) is 5.92 Å². The van der Waals surface area contributed by atoms with E-state index in [1.165, 1.54) is 9.58 Å². The fraction of sp³-hybridized carbons (Fsp3) is 0.476. The first-order valence-corrected chi connectivity index (χ1v) is 12.3. The first kappa shape index (κ1) is 23.3. The van der Waals surface area contributed by atoms with E-state index in [4.69, 9.17) is 16.3 Å². The summed E-state index contributed by atoms with van der Waals surface area (Å²) in [7, 11) is -3.15. The van der Waals surface area contributed by atoms with Gasteiger partial charge in [-0.3, -0.25) is 4.79 Å². The van der Waals surface area contributed by atoms with Crippen LogP contribution in [0, 0.1) is 12.8 Å². The summed E-state index contributed by atoms with van der Waals surface area (Å²) < 4.78 is 30.4. The Hall–Kier alpha value is -2.39. The number of amides is 1. The lowest BCUT2D eigenvalue weighted by Gasteiger charge is -2.29. The molecule has 8 nitrogen and oxygen atoms in total. The van der Waals surface area contributed by atoms with Gasteiger partial charge in [0.1, 0.15) is 10.7 Å². The van der Waals surface area contributed by atoms with Crippen molar-refractivity contribution in [3.63, 3.8) is 0 Å². The van der Waals surface area contributed by atoms with Gasteiger partial charge in [0, 0.05) is 12.6 Å². The van der Waals surface area contributed by atoms with Crippen molar-refractivity contribution in [2.75, 3.05) is 24.7 Å². The molecule has 3 rings (SSSR count). The van der Waals surface area contributed by atoms with E-state index in [-0.39, 0.29) is 28.1 Å². The van der Waals surface area contributed by atoms with Crippen molar-refractivity contribution < 1.29 is 22.7 Å². The molecule has 1 atom stereocenters. The van der Waals surface area contributed by atoms with Crippen LogP contribution in [0.3, 0.4) is 0 Å². The highest BCUT2D eigenvalue weighted by Gasteiger charge is 2.35. The third-order valence-electron chi connectivity index (χ3n) is 5.07. The van der Waals surface area contributed by atoms with Gasteiger partial charge < -0.3 is 9.64 Å². The second kappa shape index (κ2) is 9.40. The molecule has 1 fully saturated rings. The average Bonchev–Trinajstić information content (AvgIpc) is 3.22. The van der Waals surface area contributed by atoms with Gasteiger partial charge in [-0.25, -0.2) is 17.9 Å². The number of aryl methyl sites for hydroxylation is 1. The fourth-order valence-corrected chi connectivity index (χ4v) is 5.70. The lowest BCUT2D eigenvalue weighted by atomic mass is 10.1. The highest BCUT2D eigenvalue weighted by Crippen LogP contribution is 2.24. The Balaban J connectivity index is 1.72. The van der Waals surface area contributed by atoms with Crippen molar-refractivity contribution in [3.05, 3.63) is 46.7 Å². The van der Waals surface area contributed by atoms with E-state index in [0.717, 1.165) is 0 Å². The molecule has 0 aliphatic carbocycles. The molecule has 1 aliphatic heterocycles. The quantitative estimate of drug-likeness (QED) is 0.580. The Labute approximate surface area is 187 Å². The molecule has 10 heteroatoms. The normalized spacial score (nSPS) is 17.6. The molecule has 0 spiro atoms. The van der Waals surface area contributed by atoms with Crippen LogP contribution in [0.25, 0.3) is 5.69 Å². The topological polar surface area (TPSA) is 98.6 Å². The van der Waals surface area contributed by atoms with Gasteiger partial charge in [-0.05, 0) is 31.4 Å². The van der Waals surface area contributed by atoms with Crippen LogP contribution < -0.4 is 0 Å². The van der Waals surface area contributed by atoms with Crippen LogP contribution in [0.2, 0.25) is 5.15 Å². The molecular formula is C21H26ClN3O5S. The molecule has 0 unspecified atom stereocenters. The molecule has 31 heavy (non-hydrogen) atoms. The minimum absolute atomic E-state index is 0.0613. The number of hydrogen-bond acceptors (Lipinski definition) is 6. The molecule has 0 radical (unpaired) electrons. The minimum atomic E-state index is -3.15. The smallest absolute Gasteiger partial charge is 0.343 e. The lowest BCUT2D eigenvalue weighted by Crippen LogP contribution is -2.45. The Morgan fingerprint density at radius 3 is 2.55 bits per heavy atom. The molecule has 2 aromatic rings. The van der Waals surface area contributed by atoms with Crippen LogP contribution in [0.5, 0.6) is 0 Å². The maximum atomic E-state index is 12.8. The third kappa shape index (κ3) is 5.46. The lowest BCUT2D eigenvalue weighted by molar-refractivity contribution is -0.137. The zero-order valence-corrected chi connectivity index (χ0v) is 19.3. The van der Waals surface area contributed by atoms with E-state index in [2.05, 4.69) is 5.10 Å². The van der Waals surface area contributed by atoms with E-state index in [9.17, 15) is 18.0 Å². The Kier molecular flexibility index (Phi) is 7.06. The molecule has 1 amide bonds. The summed E-state index contributed by atoms with van der Waals surface area (Å²) in [5.74, 6) is -1.03. The number of benzene rings is 1. The number of rotatable bonds is 7. The van der Waals surface area contributed by atoms with E-state index in [1.807, 2.05) is 32.0 Å². The number of nitrogens with zero attached hydrogens (tertiary/aromatic N) is 3. The van der Waals surface area contributed by atoms with Gasteiger partial charge in [0.15, 0.2) is 16.4 Å². The SMILES string of the molecule is Cc1nn(-c2ccccc2)c(Cl)c1C(=O)OCC(=O)N(CC(C)C)[C@@H]1CCS(=O)(=O)C1. The number of hydrogen-bond donors (Lipinski definition) is 0. The summed E-state index contributed by atoms with van der Waals surface area (Å²) in [6, 6.07) is 8.71. The number of halogens is 1. The molecule has 0 bridgehead atoms. The number of carbonyl (C=O) groups is 2. The van der Waals surface area contributed by atoms with E-state index < -0.39 is 34.4 Å². The fourth-order valence-electron chi connectivity index (χ4n) is 3.62. The van der Waals surface area contributed by atoms with Gasteiger partial charge in [0.05, 0.1) is 22.9 Å². The van der Waals surface area contributed by atoms with Gasteiger partial charge in [-0.2, -0.15) is 5.10 Å². The number of esters is 1. The van der Waals surface area contributed by atoms with Crippen molar-refractivity contribution >= 4 is 33.3 Å². The third-order valence-corrected chi connectivity index (χ3v) is 7.17. The molecule has 1 saturated heterocycles. The van der Waals surface area contributed by atoms with Crippen LogP contribution in [0.1, 0.15) is 36.3 Å². The van der Waals surface area contributed by atoms with Gasteiger partial charge in [-0.15, -0.1) is 0 Å². The molecule has 2 heterocycles. The zero-order chi connectivity index (χ0) is 22.8. The Bertz CT molecular complexity index is 1070. The molecule has 0 saturated carbocycles. The second-order valence-electron chi connectivity index (χ2n) is 8.07. The predicted molar refractivity (Wildman–Crippen MR) is 117 cm³/mol. The van der Waals surface area contributed by atoms with Crippen molar-refractivity contribution in [1.29, 1.82) is 0 Å². The van der Waals surface area contributed by atoms with Crippen LogP contribution in [0.15, 0.2) is 30.3 Å². The number of sulfone groups is 1. The Morgan fingerprint density at radius 1 is 1.29 bits per heavy atom. The summed E-state index contributed by atoms with van der Waals surface area (Å²) >= 11 is 6.38. The zero-order valence-electron chi connectivity index (χ0n) is 17.7. The van der Waals surface area contributed by atoms with Gasteiger partial charge >= 0.3 is 5.97 Å². The predicted octanol–water partition coefficient (Wildman–Crippen LogP) is 2.66. The summed E-state index contributed by atoms with van der Waals surface area (Å²) in [6.07, 6.45) is 0.392. The standard InChI is InChI=1S/C21H26ClN3O5S/c1-14(2)11-24(17-9-10-31(28,29)13-17)18(26)12-30-21(27)19-15(3)23-25(20(19)22)16-7-5-4-6-8-16/h4-8,14,17H,9-13H2,1-3H3/t17-/m1/s1. The van der Waals surface area contributed by atoms with Crippen LogP contribution in [-0.4, -0.2) is 65.7 Å². The maximum Gasteiger partial charge on any atom is 0.343 e. The summed E-state index contributed by atoms with van der Waals surface area (Å²) in [5.41, 5.74) is 1.17. The van der Waals surface area contributed by atoms with Crippen molar-refractivity contribution in [3.8, 4) is 5.69 Å². The monoisotopic (exact) mass is 467 g/mol. The number of aromatic nitrogens is 2. The highest BCUT2D eigenvalue weighted by atomic mass is 35.5. The summed E-state index contributed by atoms with van der Waals surface area (Å²) in [6.45, 7) is 5.42. The second-order valence-corrected chi connectivity index (χ2v) is 10.7. The summed E-state index contributed by atoms with van der Waals surface area (Å²) in [4.78, 5) is 27.0. The minimum Gasteiger partial charge on any atom is -0.452 e. The van der Waals surface area contributed by atoms with Crippen LogP contribution in [-0.2, 0) is 19.4 Å². The van der Waals surface area contributed by atoms with Crippen molar-refractivity contribution in [1.82, 2.24) is 14.7 Å². The number of para-hydroxylation sites is 1. The number of carbonyl (C=O) groups excluding carboxylic acids is 2. The van der Waals surface area contributed by atoms with Crippen molar-refractivity contribution in [2.45, 2.75) is 33.2 Å². The largest absolute Gasteiger partial charge is 0.452 e. The maximum absolute atomic E-state index is 12.8. The summed E-state index contributed by atoms with van der Waals surface area (Å²) in [5, 5.41) is 4.40. The molecule has 1 aromatic heterocycles. The molecule has 0 N–H and O–H groups in total. The van der Waals surface area contributed by atoms with Crippen LogP contribution in [0.4, 0.5) is 0 Å². The van der Waals surface area contributed by atoms with Gasteiger partial charge in [-0.1, -0.05) is 43.6 Å².